The molecular formula is C36H33BN2Si. The van der Waals surface area contributed by atoms with Gasteiger partial charge in [-0.05, 0) is 16.7 Å². The van der Waals surface area contributed by atoms with E-state index >= 15 is 0 Å². The first kappa shape index (κ1) is 26.9. The second-order valence-electron chi connectivity index (χ2n) is 9.60. The van der Waals surface area contributed by atoms with E-state index in [0.717, 1.165) is 6.17 Å². The smallest absolute Gasteiger partial charge is 0.241 e. The fraction of sp³-hybridized carbons (Fsp3) is 0.0278. The predicted octanol–water partition coefficient (Wildman–Crippen LogP) is 5.30. The van der Waals surface area contributed by atoms with Gasteiger partial charge >= 0.3 is 0 Å². The number of aromatic nitrogens is 2. The summed E-state index contributed by atoms with van der Waals surface area (Å²) >= 11 is 0. The molecule has 0 spiro atoms. The highest BCUT2D eigenvalue weighted by atomic mass is 28.2. The summed E-state index contributed by atoms with van der Waals surface area (Å²) in [5.41, 5.74) is 10.4. The highest BCUT2D eigenvalue weighted by Crippen LogP contribution is 2.22. The summed E-state index contributed by atoms with van der Waals surface area (Å²) in [4.78, 5) is 4.10. The van der Waals surface area contributed by atoms with Gasteiger partial charge in [0.1, 0.15) is 0 Å². The van der Waals surface area contributed by atoms with Crippen molar-refractivity contribution in [2.75, 3.05) is 0 Å². The van der Waals surface area contributed by atoms with E-state index in [9.17, 15) is 0 Å². The predicted molar refractivity (Wildman–Crippen MR) is 175 cm³/mol. The van der Waals surface area contributed by atoms with E-state index in [1.807, 2.05) is 18.7 Å². The van der Waals surface area contributed by atoms with Gasteiger partial charge < -0.3 is 4.57 Å². The lowest BCUT2D eigenvalue weighted by Crippen LogP contribution is -2.51. The van der Waals surface area contributed by atoms with E-state index in [-0.39, 0.29) is 9.52 Å². The van der Waals surface area contributed by atoms with Crippen LogP contribution in [-0.4, -0.2) is 25.8 Å². The van der Waals surface area contributed by atoms with Crippen LogP contribution in [0, 0.1) is 0 Å². The molecule has 0 atom stereocenters. The van der Waals surface area contributed by atoms with Crippen molar-refractivity contribution >= 4 is 38.2 Å². The second-order valence-corrected chi connectivity index (χ2v) is 11.0. The van der Waals surface area contributed by atoms with Crippen LogP contribution in [0.3, 0.4) is 0 Å². The summed E-state index contributed by atoms with van der Waals surface area (Å²) < 4.78 is 2.16. The van der Waals surface area contributed by atoms with Gasteiger partial charge in [0.25, 0.3) is 0 Å². The Morgan fingerprint density at radius 1 is 0.575 bits per heavy atom. The van der Waals surface area contributed by atoms with E-state index in [1.165, 1.54) is 33.1 Å². The number of hydrogen-bond donors (Lipinski definition) is 0. The Labute approximate surface area is 240 Å². The molecule has 0 aliphatic heterocycles. The van der Waals surface area contributed by atoms with Crippen molar-refractivity contribution in [2.24, 2.45) is 0 Å². The van der Waals surface area contributed by atoms with E-state index < -0.39 is 0 Å². The molecule has 6 rings (SSSR count). The van der Waals surface area contributed by atoms with Gasteiger partial charge in [-0.3, -0.25) is 0 Å². The summed E-state index contributed by atoms with van der Waals surface area (Å²) in [6.07, 6.45) is 6.85. The topological polar surface area (TPSA) is 17.8 Å². The van der Waals surface area contributed by atoms with Crippen molar-refractivity contribution in [3.05, 3.63) is 187 Å². The van der Waals surface area contributed by atoms with Crippen LogP contribution in [0.5, 0.6) is 0 Å². The van der Waals surface area contributed by atoms with Gasteiger partial charge in [-0.1, -0.05) is 174 Å². The van der Waals surface area contributed by atoms with Crippen molar-refractivity contribution in [2.45, 2.75) is 6.17 Å². The third-order valence-electron chi connectivity index (χ3n) is 6.86. The Bertz CT molecular complexity index is 1420. The highest BCUT2D eigenvalue weighted by Gasteiger charge is 2.20. The van der Waals surface area contributed by atoms with Gasteiger partial charge in [-0.25, -0.2) is 4.98 Å². The van der Waals surface area contributed by atoms with Crippen molar-refractivity contribution < 1.29 is 0 Å². The second kappa shape index (κ2) is 14.5. The molecule has 5 aromatic carbocycles. The lowest BCUT2D eigenvalue weighted by molar-refractivity contribution is 0.874. The van der Waals surface area contributed by atoms with Crippen molar-refractivity contribution in [3.63, 3.8) is 0 Å². The Morgan fingerprint density at radius 2 is 0.975 bits per heavy atom. The van der Waals surface area contributed by atoms with Crippen LogP contribution in [0.1, 0.15) is 11.1 Å². The summed E-state index contributed by atoms with van der Waals surface area (Å²) in [5.74, 6) is 0. The molecule has 0 radical (unpaired) electrons. The van der Waals surface area contributed by atoms with E-state index in [2.05, 4.69) is 167 Å². The molecule has 2 nitrogen and oxygen atoms in total. The highest BCUT2D eigenvalue weighted by molar-refractivity contribution is 6.95. The summed E-state index contributed by atoms with van der Waals surface area (Å²) in [7, 11) is -0.332. The van der Waals surface area contributed by atoms with Crippen LogP contribution in [0.25, 0.3) is 5.57 Å². The first-order valence-corrected chi connectivity index (χ1v) is 15.6. The molecule has 0 saturated carbocycles. The molecule has 194 valence electrons. The average Bonchev–Trinajstić information content (AvgIpc) is 3.56. The maximum absolute atomic E-state index is 4.10. The minimum Gasteiger partial charge on any atom is -0.341 e. The first-order chi connectivity index (χ1) is 19.9. The standard InChI is InChI=1S/C18H15B.C18H18N2Si/c1-4-10-16(11-5-1)19(17-12-6-2-7-13-17)18-14-8-3-9-15-18;1-3-7-16(8-4-1)18(17-9-5-2-6-10-17)13-21-15-20-12-11-19-14-20/h1-15H;1-14H,15,21H2. The van der Waals surface area contributed by atoms with Crippen LogP contribution in [-0.2, 0) is 6.17 Å². The van der Waals surface area contributed by atoms with Gasteiger partial charge in [0.05, 0.1) is 15.8 Å². The van der Waals surface area contributed by atoms with Crippen LogP contribution in [0.4, 0.5) is 0 Å². The monoisotopic (exact) mass is 532 g/mol. The number of hydrogen-bond acceptors (Lipinski definition) is 1. The summed E-state index contributed by atoms with van der Waals surface area (Å²) in [6, 6.07) is 53.3. The third-order valence-corrected chi connectivity index (χ3v) is 8.33. The largest absolute Gasteiger partial charge is 0.341 e. The van der Waals surface area contributed by atoms with Crippen molar-refractivity contribution in [1.29, 1.82) is 0 Å². The molecule has 0 saturated heterocycles. The van der Waals surface area contributed by atoms with Crippen LogP contribution in [0.2, 0.25) is 0 Å². The molecule has 6 aromatic rings. The molecule has 0 unspecified atom stereocenters. The quantitative estimate of drug-likeness (QED) is 0.243. The molecule has 0 aliphatic rings. The van der Waals surface area contributed by atoms with Crippen molar-refractivity contribution in [3.8, 4) is 0 Å². The molecule has 0 bridgehead atoms. The third kappa shape index (κ3) is 7.46. The van der Waals surface area contributed by atoms with Gasteiger partial charge in [0, 0.05) is 18.6 Å². The summed E-state index contributed by atoms with van der Waals surface area (Å²) in [6.45, 7) is 0.309. The maximum Gasteiger partial charge on any atom is 0.241 e. The van der Waals surface area contributed by atoms with E-state index in [4.69, 9.17) is 0 Å². The van der Waals surface area contributed by atoms with Gasteiger partial charge in [0.15, 0.2) is 0 Å². The molecule has 0 aliphatic carbocycles. The molecule has 1 aromatic heterocycles. The van der Waals surface area contributed by atoms with Crippen LogP contribution in [0.15, 0.2) is 176 Å². The lowest BCUT2D eigenvalue weighted by Gasteiger charge is -2.15. The number of benzene rings is 5. The number of rotatable bonds is 8. The van der Waals surface area contributed by atoms with Crippen LogP contribution >= 0.6 is 0 Å². The SMILES string of the molecule is C([SiH2]Cn1ccnc1)=C(c1ccccc1)c1ccccc1.c1ccc(B(c2ccccc2)c2ccccc2)cc1. The number of nitrogens with zero attached hydrogens (tertiary/aromatic N) is 2. The zero-order valence-corrected chi connectivity index (χ0v) is 24.0. The molecule has 4 heteroatoms. The van der Waals surface area contributed by atoms with Gasteiger partial charge in [0.2, 0.25) is 6.71 Å². The zero-order chi connectivity index (χ0) is 27.2. The molecule has 40 heavy (non-hydrogen) atoms. The normalized spacial score (nSPS) is 10.5. The number of imidazole rings is 1. The minimum atomic E-state index is -0.332. The van der Waals surface area contributed by atoms with E-state index in [0.29, 0.717) is 6.71 Å². The Balaban J connectivity index is 0.000000162. The van der Waals surface area contributed by atoms with Gasteiger partial charge in [-0.15, -0.1) is 0 Å². The minimum absolute atomic E-state index is 0.309. The summed E-state index contributed by atoms with van der Waals surface area (Å²) in [5, 5.41) is 0. The first-order valence-electron chi connectivity index (χ1n) is 13.8. The molecule has 0 fully saturated rings. The van der Waals surface area contributed by atoms with Gasteiger partial charge in [-0.2, -0.15) is 0 Å². The molecule has 1 heterocycles. The fourth-order valence-electron chi connectivity index (χ4n) is 4.93. The Morgan fingerprint density at radius 3 is 1.35 bits per heavy atom. The van der Waals surface area contributed by atoms with Crippen LogP contribution < -0.4 is 16.4 Å². The molecular weight excluding hydrogens is 499 g/mol. The zero-order valence-electron chi connectivity index (χ0n) is 22.6. The molecule has 0 N–H and O–H groups in total. The fourth-order valence-corrected chi connectivity index (χ4v) is 6.38. The van der Waals surface area contributed by atoms with E-state index in [1.54, 1.807) is 0 Å². The Hall–Kier alpha value is -4.67. The Kier molecular flexibility index (Phi) is 9.74. The average molecular weight is 533 g/mol. The maximum atomic E-state index is 4.10. The molecule has 0 amide bonds. The van der Waals surface area contributed by atoms with Crippen molar-refractivity contribution in [1.82, 2.24) is 9.55 Å². The lowest BCUT2D eigenvalue weighted by atomic mass is 9.37.